The molecule has 0 rings (SSSR count). The van der Waals surface area contributed by atoms with Crippen LogP contribution in [0.3, 0.4) is 0 Å². The molecule has 6 nitrogen and oxygen atoms in total. The van der Waals surface area contributed by atoms with Gasteiger partial charge in [0.15, 0.2) is 0 Å². The fraction of sp³-hybridized carbons (Fsp3) is 0.571. The lowest BCUT2D eigenvalue weighted by atomic mass is 10.3. The Balaban J connectivity index is 3.98. The molecule has 0 radical (unpaired) electrons. The number of hydrogen-bond acceptors (Lipinski definition) is 4. The minimum atomic E-state index is -4.50. The van der Waals surface area contributed by atoms with Crippen LogP contribution in [0.25, 0.3) is 0 Å². The van der Waals surface area contributed by atoms with Crippen molar-refractivity contribution in [2.75, 3.05) is 6.61 Å². The van der Waals surface area contributed by atoms with E-state index in [0.717, 1.165) is 6.08 Å². The van der Waals surface area contributed by atoms with E-state index in [-0.39, 0.29) is 6.61 Å². The zero-order chi connectivity index (χ0) is 11.2. The summed E-state index contributed by atoms with van der Waals surface area (Å²) in [6, 6.07) is 0. The third kappa shape index (κ3) is 6.80. The summed E-state index contributed by atoms with van der Waals surface area (Å²) in [7, 11) is -4.50. The summed E-state index contributed by atoms with van der Waals surface area (Å²) in [5, 5.41) is 0. The molecular weight excluding hydrogens is 211 g/mol. The van der Waals surface area contributed by atoms with Crippen LogP contribution in [0.5, 0.6) is 0 Å². The quantitative estimate of drug-likeness (QED) is 0.390. The lowest BCUT2D eigenvalue weighted by molar-refractivity contribution is -0.144. The van der Waals surface area contributed by atoms with E-state index in [2.05, 4.69) is 11.1 Å². The first kappa shape index (κ1) is 13.3. The van der Waals surface area contributed by atoms with Gasteiger partial charge < -0.3 is 14.5 Å². The van der Waals surface area contributed by atoms with Crippen molar-refractivity contribution >= 4 is 13.8 Å². The van der Waals surface area contributed by atoms with Crippen LogP contribution in [-0.2, 0) is 18.6 Å². The van der Waals surface area contributed by atoms with Crippen LogP contribution in [0.15, 0.2) is 12.7 Å². The molecule has 1 atom stereocenters. The molecule has 0 aliphatic carbocycles. The second-order valence-corrected chi connectivity index (χ2v) is 3.70. The standard InChI is InChI=1S/C7H13O6P/c1-3-6(13-7(8)4-2)5-12-14(9,10)11/h4,6H,2-3,5H2,1H3,(H2,9,10,11). The van der Waals surface area contributed by atoms with Gasteiger partial charge >= 0.3 is 13.8 Å². The van der Waals surface area contributed by atoms with E-state index in [1.165, 1.54) is 0 Å². The highest BCUT2D eigenvalue weighted by molar-refractivity contribution is 7.46. The molecule has 7 heteroatoms. The molecule has 0 amide bonds. The number of esters is 1. The van der Waals surface area contributed by atoms with Crippen molar-refractivity contribution in [3.05, 3.63) is 12.7 Å². The Bertz CT molecular complexity index is 245. The van der Waals surface area contributed by atoms with Gasteiger partial charge in [-0.2, -0.15) is 0 Å². The third-order valence-corrected chi connectivity index (χ3v) is 1.82. The minimum Gasteiger partial charge on any atom is -0.457 e. The number of ether oxygens (including phenoxy) is 1. The Labute approximate surface area is 81.8 Å². The maximum atomic E-state index is 10.7. The van der Waals surface area contributed by atoms with Crippen LogP contribution in [0.4, 0.5) is 0 Å². The predicted molar refractivity (Wildman–Crippen MR) is 48.4 cm³/mol. The van der Waals surface area contributed by atoms with E-state index in [1.54, 1.807) is 6.92 Å². The van der Waals surface area contributed by atoms with Crippen molar-refractivity contribution in [2.45, 2.75) is 19.4 Å². The SMILES string of the molecule is C=CC(=O)OC(CC)COP(=O)(O)O. The average molecular weight is 224 g/mol. The number of phosphoric acid groups is 1. The fourth-order valence-electron chi connectivity index (χ4n) is 0.628. The molecule has 0 aromatic carbocycles. The van der Waals surface area contributed by atoms with Crippen LogP contribution < -0.4 is 0 Å². The highest BCUT2D eigenvalue weighted by atomic mass is 31.2. The molecule has 0 saturated carbocycles. The summed E-state index contributed by atoms with van der Waals surface area (Å²) in [6.45, 7) is 4.55. The van der Waals surface area contributed by atoms with Gasteiger partial charge in [0.2, 0.25) is 0 Å². The Morgan fingerprint density at radius 2 is 2.21 bits per heavy atom. The molecular formula is C7H13O6P. The fourth-order valence-corrected chi connectivity index (χ4v) is 0.988. The van der Waals surface area contributed by atoms with Crippen molar-refractivity contribution in [3.63, 3.8) is 0 Å². The van der Waals surface area contributed by atoms with Gasteiger partial charge in [-0.25, -0.2) is 9.36 Å². The van der Waals surface area contributed by atoms with Crippen molar-refractivity contribution in [2.24, 2.45) is 0 Å². The van der Waals surface area contributed by atoms with Crippen LogP contribution in [-0.4, -0.2) is 28.5 Å². The molecule has 14 heavy (non-hydrogen) atoms. The van der Waals surface area contributed by atoms with Gasteiger partial charge in [0.25, 0.3) is 0 Å². The molecule has 0 fully saturated rings. The number of phosphoric ester groups is 1. The summed E-state index contributed by atoms with van der Waals surface area (Å²) < 4.78 is 19.2. The average Bonchev–Trinajstić information content (AvgIpc) is 2.10. The molecule has 0 saturated heterocycles. The molecule has 1 unspecified atom stereocenters. The summed E-state index contributed by atoms with van der Waals surface area (Å²) in [5.74, 6) is -0.647. The van der Waals surface area contributed by atoms with E-state index in [0.29, 0.717) is 6.42 Å². The molecule has 0 aromatic heterocycles. The number of hydrogen-bond donors (Lipinski definition) is 2. The van der Waals surface area contributed by atoms with Crippen LogP contribution in [0.2, 0.25) is 0 Å². The van der Waals surface area contributed by atoms with Gasteiger partial charge in [0, 0.05) is 6.08 Å². The van der Waals surface area contributed by atoms with E-state index in [9.17, 15) is 9.36 Å². The molecule has 0 aliphatic rings. The molecule has 0 aliphatic heterocycles. The number of rotatable bonds is 6. The zero-order valence-corrected chi connectivity index (χ0v) is 8.65. The van der Waals surface area contributed by atoms with Gasteiger partial charge in [-0.1, -0.05) is 13.5 Å². The van der Waals surface area contributed by atoms with Gasteiger partial charge in [-0.15, -0.1) is 0 Å². The Hall–Kier alpha value is -0.680. The Kier molecular flexibility index (Phi) is 5.64. The third-order valence-electron chi connectivity index (χ3n) is 1.33. The molecule has 0 aromatic rings. The molecule has 2 N–H and O–H groups in total. The van der Waals surface area contributed by atoms with Crippen molar-refractivity contribution in [1.82, 2.24) is 0 Å². The topological polar surface area (TPSA) is 93.1 Å². The lowest BCUT2D eigenvalue weighted by Gasteiger charge is -2.15. The number of carbonyl (C=O) groups excluding carboxylic acids is 1. The smallest absolute Gasteiger partial charge is 0.457 e. The van der Waals surface area contributed by atoms with E-state index >= 15 is 0 Å². The second-order valence-electron chi connectivity index (χ2n) is 2.46. The highest BCUT2D eigenvalue weighted by Crippen LogP contribution is 2.35. The Morgan fingerprint density at radius 1 is 1.64 bits per heavy atom. The van der Waals surface area contributed by atoms with Gasteiger partial charge in [0.05, 0.1) is 6.61 Å². The van der Waals surface area contributed by atoms with Gasteiger partial charge in [0.1, 0.15) is 6.10 Å². The summed E-state index contributed by atoms with van der Waals surface area (Å²) in [6.07, 6.45) is 0.702. The first-order chi connectivity index (χ1) is 6.39. The van der Waals surface area contributed by atoms with Crippen LogP contribution in [0.1, 0.15) is 13.3 Å². The molecule has 0 bridgehead atoms. The minimum absolute atomic E-state index is 0.333. The second kappa shape index (κ2) is 5.93. The summed E-state index contributed by atoms with van der Waals surface area (Å²) >= 11 is 0. The number of carbonyl (C=O) groups is 1. The Morgan fingerprint density at radius 3 is 2.57 bits per heavy atom. The van der Waals surface area contributed by atoms with Crippen LogP contribution in [0, 0.1) is 0 Å². The summed E-state index contributed by atoms with van der Waals surface area (Å²) in [5.41, 5.74) is 0. The highest BCUT2D eigenvalue weighted by Gasteiger charge is 2.18. The maximum Gasteiger partial charge on any atom is 0.469 e. The first-order valence-electron chi connectivity index (χ1n) is 3.92. The monoisotopic (exact) mass is 224 g/mol. The molecule has 0 heterocycles. The van der Waals surface area contributed by atoms with Crippen molar-refractivity contribution in [1.29, 1.82) is 0 Å². The van der Waals surface area contributed by atoms with E-state index < -0.39 is 19.9 Å². The van der Waals surface area contributed by atoms with Crippen molar-refractivity contribution < 1.29 is 28.4 Å². The summed E-state index contributed by atoms with van der Waals surface area (Å²) in [4.78, 5) is 27.5. The molecule has 82 valence electrons. The largest absolute Gasteiger partial charge is 0.469 e. The predicted octanol–water partition coefficient (Wildman–Crippen LogP) is 0.603. The normalized spacial score (nSPS) is 13.4. The lowest BCUT2D eigenvalue weighted by Crippen LogP contribution is -2.21. The van der Waals surface area contributed by atoms with E-state index in [4.69, 9.17) is 14.5 Å². The zero-order valence-electron chi connectivity index (χ0n) is 7.75. The maximum absolute atomic E-state index is 10.7. The van der Waals surface area contributed by atoms with E-state index in [1.807, 2.05) is 0 Å². The van der Waals surface area contributed by atoms with Crippen molar-refractivity contribution in [3.8, 4) is 0 Å². The van der Waals surface area contributed by atoms with Gasteiger partial charge in [-0.3, -0.25) is 4.52 Å². The molecule has 0 spiro atoms. The van der Waals surface area contributed by atoms with Gasteiger partial charge in [-0.05, 0) is 6.42 Å². The first-order valence-corrected chi connectivity index (χ1v) is 5.45. The van der Waals surface area contributed by atoms with Crippen LogP contribution >= 0.6 is 7.82 Å².